The van der Waals surface area contributed by atoms with Crippen LogP contribution in [0.15, 0.2) is 0 Å². The predicted molar refractivity (Wildman–Crippen MR) is 44.7 cm³/mol. The highest BCUT2D eigenvalue weighted by atomic mass is 16.7. The van der Waals surface area contributed by atoms with Crippen LogP contribution in [0.1, 0.15) is 20.8 Å². The van der Waals surface area contributed by atoms with Crippen molar-refractivity contribution in [3.05, 3.63) is 0 Å². The summed E-state index contributed by atoms with van der Waals surface area (Å²) < 4.78 is 15.1. The summed E-state index contributed by atoms with van der Waals surface area (Å²) in [6.45, 7) is 6.94. The van der Waals surface area contributed by atoms with Gasteiger partial charge < -0.3 is 19.3 Å². The molecule has 0 aliphatic rings. The van der Waals surface area contributed by atoms with Crippen LogP contribution < -0.4 is 0 Å². The Morgan fingerprint density at radius 1 is 1.25 bits per heavy atom. The van der Waals surface area contributed by atoms with Crippen molar-refractivity contribution in [3.8, 4) is 0 Å². The first-order chi connectivity index (χ1) is 5.66. The lowest BCUT2D eigenvalue weighted by Gasteiger charge is -2.15. The molecule has 0 aromatic carbocycles. The van der Waals surface area contributed by atoms with Crippen LogP contribution in [0.4, 0.5) is 0 Å². The first-order valence-electron chi connectivity index (χ1n) is 4.19. The van der Waals surface area contributed by atoms with Crippen LogP contribution in [0.3, 0.4) is 0 Å². The van der Waals surface area contributed by atoms with E-state index in [4.69, 9.17) is 19.3 Å². The second kappa shape index (κ2) is 7.49. The third-order valence-electron chi connectivity index (χ3n) is 1.17. The molecule has 0 amide bonds. The van der Waals surface area contributed by atoms with E-state index in [0.29, 0.717) is 19.8 Å². The van der Waals surface area contributed by atoms with Gasteiger partial charge in [-0.05, 0) is 20.8 Å². The fourth-order valence-electron chi connectivity index (χ4n) is 0.734. The molecule has 0 saturated heterocycles. The van der Waals surface area contributed by atoms with Gasteiger partial charge in [-0.2, -0.15) is 0 Å². The third kappa shape index (κ3) is 7.94. The molecule has 0 rings (SSSR count). The third-order valence-corrected chi connectivity index (χ3v) is 1.17. The van der Waals surface area contributed by atoms with E-state index in [1.54, 1.807) is 13.8 Å². The zero-order valence-electron chi connectivity index (χ0n) is 7.95. The summed E-state index contributed by atoms with van der Waals surface area (Å²) in [5.74, 6) is 0. The van der Waals surface area contributed by atoms with E-state index in [-0.39, 0.29) is 6.29 Å². The number of hydrogen-bond acceptors (Lipinski definition) is 4. The Bertz CT molecular complexity index is 95.1. The Morgan fingerprint density at radius 3 is 2.42 bits per heavy atom. The molecule has 0 saturated carbocycles. The molecule has 0 aliphatic carbocycles. The smallest absolute Gasteiger partial charge is 0.158 e. The Morgan fingerprint density at radius 2 is 1.92 bits per heavy atom. The molecule has 0 bridgehead atoms. The highest BCUT2D eigenvalue weighted by Gasteiger charge is 2.04. The first kappa shape index (κ1) is 11.8. The Balaban J connectivity index is 3.14. The standard InChI is InChI=1S/C8H18O4/c1-4-10-5-6-11-8(3)12-7(2)9/h7-9H,4-6H2,1-3H3. The summed E-state index contributed by atoms with van der Waals surface area (Å²) in [5.41, 5.74) is 0. The summed E-state index contributed by atoms with van der Waals surface area (Å²) in [4.78, 5) is 0. The maximum Gasteiger partial charge on any atom is 0.158 e. The van der Waals surface area contributed by atoms with Gasteiger partial charge in [0.2, 0.25) is 0 Å². The van der Waals surface area contributed by atoms with E-state index in [1.165, 1.54) is 0 Å². The summed E-state index contributed by atoms with van der Waals surface area (Å²) >= 11 is 0. The quantitative estimate of drug-likeness (QED) is 0.461. The van der Waals surface area contributed by atoms with Gasteiger partial charge in [-0.15, -0.1) is 0 Å². The van der Waals surface area contributed by atoms with E-state index < -0.39 is 6.29 Å². The molecule has 0 fully saturated rings. The fraction of sp³-hybridized carbons (Fsp3) is 1.00. The molecule has 2 atom stereocenters. The van der Waals surface area contributed by atoms with Gasteiger partial charge in [-0.1, -0.05) is 0 Å². The van der Waals surface area contributed by atoms with Crippen LogP contribution >= 0.6 is 0 Å². The van der Waals surface area contributed by atoms with Gasteiger partial charge in [-0.3, -0.25) is 0 Å². The molecular weight excluding hydrogens is 160 g/mol. The SMILES string of the molecule is CCOCCOC(C)OC(C)O. The summed E-state index contributed by atoms with van der Waals surface area (Å²) in [7, 11) is 0. The minimum Gasteiger partial charge on any atom is -0.379 e. The number of aliphatic hydroxyl groups is 1. The molecule has 0 heterocycles. The van der Waals surface area contributed by atoms with Crippen molar-refractivity contribution < 1.29 is 19.3 Å². The van der Waals surface area contributed by atoms with Crippen molar-refractivity contribution in [2.24, 2.45) is 0 Å². The van der Waals surface area contributed by atoms with Gasteiger partial charge in [-0.25, -0.2) is 0 Å². The van der Waals surface area contributed by atoms with E-state index >= 15 is 0 Å². The van der Waals surface area contributed by atoms with Crippen LogP contribution in [-0.2, 0) is 14.2 Å². The number of ether oxygens (including phenoxy) is 3. The van der Waals surface area contributed by atoms with E-state index in [2.05, 4.69) is 0 Å². The summed E-state index contributed by atoms with van der Waals surface area (Å²) in [6.07, 6.45) is -1.17. The number of rotatable bonds is 7. The minimum absolute atomic E-state index is 0.384. The highest BCUT2D eigenvalue weighted by Crippen LogP contribution is 1.96. The van der Waals surface area contributed by atoms with Gasteiger partial charge >= 0.3 is 0 Å². The maximum atomic E-state index is 8.79. The molecule has 1 N–H and O–H groups in total. The van der Waals surface area contributed by atoms with Crippen molar-refractivity contribution >= 4 is 0 Å². The van der Waals surface area contributed by atoms with Gasteiger partial charge in [0.05, 0.1) is 13.2 Å². The first-order valence-corrected chi connectivity index (χ1v) is 4.19. The topological polar surface area (TPSA) is 47.9 Å². The molecule has 2 unspecified atom stereocenters. The van der Waals surface area contributed by atoms with Gasteiger partial charge in [0.15, 0.2) is 12.6 Å². The van der Waals surface area contributed by atoms with Crippen LogP contribution in [0.2, 0.25) is 0 Å². The van der Waals surface area contributed by atoms with Crippen molar-refractivity contribution in [3.63, 3.8) is 0 Å². The van der Waals surface area contributed by atoms with Crippen LogP contribution in [-0.4, -0.2) is 37.5 Å². The van der Waals surface area contributed by atoms with Crippen LogP contribution in [0, 0.1) is 0 Å². The zero-order valence-corrected chi connectivity index (χ0v) is 7.95. The number of aliphatic hydroxyl groups excluding tert-OH is 1. The van der Waals surface area contributed by atoms with Crippen LogP contribution in [0.5, 0.6) is 0 Å². The lowest BCUT2D eigenvalue weighted by atomic mass is 10.6. The Kier molecular flexibility index (Phi) is 7.39. The molecule has 0 aromatic heterocycles. The van der Waals surface area contributed by atoms with E-state index in [0.717, 1.165) is 0 Å². The molecule has 0 radical (unpaired) electrons. The van der Waals surface area contributed by atoms with Crippen molar-refractivity contribution in [2.45, 2.75) is 33.4 Å². The Hall–Kier alpha value is -0.160. The predicted octanol–water partition coefficient (Wildman–Crippen LogP) is 0.740. The molecule has 12 heavy (non-hydrogen) atoms. The molecule has 0 aromatic rings. The lowest BCUT2D eigenvalue weighted by Crippen LogP contribution is -2.21. The summed E-state index contributed by atoms with van der Waals surface area (Å²) in [6, 6.07) is 0. The minimum atomic E-state index is -0.785. The van der Waals surface area contributed by atoms with Gasteiger partial charge in [0, 0.05) is 6.61 Å². The van der Waals surface area contributed by atoms with Gasteiger partial charge in [0.25, 0.3) is 0 Å². The van der Waals surface area contributed by atoms with Crippen LogP contribution in [0.25, 0.3) is 0 Å². The second-order valence-corrected chi connectivity index (χ2v) is 2.37. The monoisotopic (exact) mass is 178 g/mol. The molecule has 0 spiro atoms. The number of hydrogen-bond donors (Lipinski definition) is 1. The average molecular weight is 178 g/mol. The van der Waals surface area contributed by atoms with E-state index in [1.807, 2.05) is 6.92 Å². The molecule has 74 valence electrons. The largest absolute Gasteiger partial charge is 0.379 e. The normalized spacial score (nSPS) is 16.0. The van der Waals surface area contributed by atoms with Gasteiger partial charge in [0.1, 0.15) is 0 Å². The zero-order chi connectivity index (χ0) is 9.40. The lowest BCUT2D eigenvalue weighted by molar-refractivity contribution is -0.216. The molecule has 4 heteroatoms. The fourth-order valence-corrected chi connectivity index (χ4v) is 0.734. The highest BCUT2D eigenvalue weighted by molar-refractivity contribution is 4.34. The molecular formula is C8H18O4. The summed E-state index contributed by atoms with van der Waals surface area (Å²) in [5, 5.41) is 8.79. The molecule has 4 nitrogen and oxygen atoms in total. The van der Waals surface area contributed by atoms with Crippen molar-refractivity contribution in [2.75, 3.05) is 19.8 Å². The van der Waals surface area contributed by atoms with Crippen molar-refractivity contribution in [1.82, 2.24) is 0 Å². The maximum absolute atomic E-state index is 8.79. The average Bonchev–Trinajstić information content (AvgIpc) is 1.97. The Labute approximate surface area is 73.4 Å². The molecule has 0 aliphatic heterocycles. The van der Waals surface area contributed by atoms with Crippen molar-refractivity contribution in [1.29, 1.82) is 0 Å². The second-order valence-electron chi connectivity index (χ2n) is 2.37. The van der Waals surface area contributed by atoms with E-state index in [9.17, 15) is 0 Å².